The Balaban J connectivity index is 2.32. The van der Waals surface area contributed by atoms with E-state index >= 15 is 0 Å². The Kier molecular flexibility index (Phi) is 35.8. The maximum absolute atomic E-state index is 12.7. The zero-order chi connectivity index (χ0) is 41.6. The van der Waals surface area contributed by atoms with Gasteiger partial charge in [0.05, 0.1) is 13.2 Å². The molecule has 1 saturated heterocycles. The van der Waals surface area contributed by atoms with Crippen molar-refractivity contribution in [1.29, 1.82) is 0 Å². The fourth-order valence-corrected chi connectivity index (χ4v) is 7.08. The van der Waals surface area contributed by atoms with Gasteiger partial charge in [0.25, 0.3) is 0 Å². The number of carbonyl (C=O) groups is 2. The third kappa shape index (κ3) is 30.0. The van der Waals surface area contributed by atoms with Crippen LogP contribution in [-0.2, 0) is 28.5 Å². The molecule has 0 aromatic carbocycles. The van der Waals surface area contributed by atoms with Crippen LogP contribution in [0.2, 0.25) is 0 Å². The minimum absolute atomic E-state index is 0.149. The van der Waals surface area contributed by atoms with Gasteiger partial charge in [-0.05, 0) is 51.4 Å². The molecular formula is C47H86O10. The third-order valence-electron chi connectivity index (χ3n) is 10.8. The van der Waals surface area contributed by atoms with Gasteiger partial charge in [0.1, 0.15) is 31.0 Å². The lowest BCUT2D eigenvalue weighted by molar-refractivity contribution is -0.305. The smallest absolute Gasteiger partial charge is 0.306 e. The SMILES string of the molecule is CCCCCC/C=C/CCCCCCCCCCCC(=O)OC[C@@H](CO[C@H]1O[C@@H](CO)[C@@H](O)C(O)C1O)OC(=O)CC/C=C/CCCCCCCCCCCCC. The van der Waals surface area contributed by atoms with E-state index in [0.29, 0.717) is 6.42 Å². The number of hydrogen-bond donors (Lipinski definition) is 4. The minimum atomic E-state index is -1.60. The summed E-state index contributed by atoms with van der Waals surface area (Å²) < 4.78 is 22.1. The van der Waals surface area contributed by atoms with Crippen LogP contribution >= 0.6 is 0 Å². The highest BCUT2D eigenvalue weighted by atomic mass is 16.7. The van der Waals surface area contributed by atoms with E-state index in [2.05, 4.69) is 32.1 Å². The topological polar surface area (TPSA) is 152 Å². The predicted octanol–water partition coefficient (Wildman–Crippen LogP) is 10.1. The van der Waals surface area contributed by atoms with Crippen molar-refractivity contribution in [3.63, 3.8) is 0 Å². The van der Waals surface area contributed by atoms with Crippen LogP contribution in [0.4, 0.5) is 0 Å². The van der Waals surface area contributed by atoms with Gasteiger partial charge in [0.15, 0.2) is 12.4 Å². The Morgan fingerprint density at radius 1 is 0.526 bits per heavy atom. The number of allylic oxidation sites excluding steroid dienone is 4. The highest BCUT2D eigenvalue weighted by Gasteiger charge is 2.44. The van der Waals surface area contributed by atoms with Crippen LogP contribution in [0.3, 0.4) is 0 Å². The number of ether oxygens (including phenoxy) is 4. The molecule has 334 valence electrons. The first kappa shape index (κ1) is 53.2. The van der Waals surface area contributed by atoms with Crippen LogP contribution in [0.25, 0.3) is 0 Å². The van der Waals surface area contributed by atoms with Gasteiger partial charge in [-0.15, -0.1) is 0 Å². The van der Waals surface area contributed by atoms with Crippen molar-refractivity contribution in [2.24, 2.45) is 0 Å². The second-order valence-corrected chi connectivity index (χ2v) is 16.2. The highest BCUT2D eigenvalue weighted by molar-refractivity contribution is 5.70. The van der Waals surface area contributed by atoms with Gasteiger partial charge >= 0.3 is 11.9 Å². The van der Waals surface area contributed by atoms with Crippen LogP contribution in [0.1, 0.15) is 206 Å². The summed E-state index contributed by atoms with van der Waals surface area (Å²) in [5.74, 6) is -0.859. The van der Waals surface area contributed by atoms with Crippen molar-refractivity contribution in [3.8, 4) is 0 Å². The van der Waals surface area contributed by atoms with E-state index in [0.717, 1.165) is 38.5 Å². The molecule has 0 saturated carbocycles. The quantitative estimate of drug-likeness (QED) is 0.0268. The number of rotatable bonds is 39. The zero-order valence-electron chi connectivity index (χ0n) is 36.3. The van der Waals surface area contributed by atoms with E-state index in [4.69, 9.17) is 18.9 Å². The van der Waals surface area contributed by atoms with E-state index in [1.807, 2.05) is 6.08 Å². The molecule has 1 fully saturated rings. The van der Waals surface area contributed by atoms with Crippen LogP contribution in [0.15, 0.2) is 24.3 Å². The Bertz CT molecular complexity index is 985. The molecule has 0 spiro atoms. The molecule has 57 heavy (non-hydrogen) atoms. The summed E-state index contributed by atoms with van der Waals surface area (Å²) >= 11 is 0. The maximum Gasteiger partial charge on any atom is 0.306 e. The van der Waals surface area contributed by atoms with Crippen LogP contribution in [0.5, 0.6) is 0 Å². The first-order valence-electron chi connectivity index (χ1n) is 23.4. The molecule has 6 atom stereocenters. The van der Waals surface area contributed by atoms with E-state index in [1.54, 1.807) is 0 Å². The molecule has 1 aliphatic heterocycles. The fraction of sp³-hybridized carbons (Fsp3) is 0.872. The van der Waals surface area contributed by atoms with Crippen LogP contribution in [-0.4, -0.2) is 89.0 Å². The average Bonchev–Trinajstić information content (AvgIpc) is 3.21. The molecule has 0 radical (unpaired) electrons. The lowest BCUT2D eigenvalue weighted by Crippen LogP contribution is -2.59. The Morgan fingerprint density at radius 3 is 1.46 bits per heavy atom. The molecule has 1 aliphatic rings. The molecule has 1 rings (SSSR count). The molecule has 0 aromatic rings. The summed E-state index contributed by atoms with van der Waals surface area (Å²) in [6.45, 7) is 3.39. The van der Waals surface area contributed by atoms with Gasteiger partial charge in [0, 0.05) is 12.8 Å². The van der Waals surface area contributed by atoms with Crippen molar-refractivity contribution in [3.05, 3.63) is 24.3 Å². The number of aliphatic hydroxyl groups excluding tert-OH is 4. The number of unbranched alkanes of at least 4 members (excludes halogenated alkanes) is 24. The standard InChI is InChI=1S/C47H86O10/c1-3-5-7-9-11-13-15-17-19-20-22-23-25-27-29-31-33-35-42(49)54-38-40(39-55-47-46(53)45(52)44(51)41(37-48)57-47)56-43(50)36-34-32-30-28-26-24-21-18-16-14-12-10-8-6-4-2/h13,15,30,32,40-41,44-48,51-53H,3-12,14,16-29,31,33-39H2,1-2H3/b15-13+,32-30+/t40-,41-,44+,45?,46?,47-/m0/s1. The van der Waals surface area contributed by atoms with E-state index in [-0.39, 0.29) is 32.0 Å². The second kappa shape index (κ2) is 38.4. The molecule has 0 aromatic heterocycles. The van der Waals surface area contributed by atoms with Crippen molar-refractivity contribution in [2.75, 3.05) is 19.8 Å². The first-order chi connectivity index (χ1) is 27.8. The first-order valence-corrected chi connectivity index (χ1v) is 23.4. The molecule has 4 N–H and O–H groups in total. The number of esters is 2. The van der Waals surface area contributed by atoms with E-state index < -0.39 is 49.4 Å². The Hall–Kier alpha value is -1.82. The van der Waals surface area contributed by atoms with Crippen LogP contribution in [0, 0.1) is 0 Å². The zero-order valence-corrected chi connectivity index (χ0v) is 36.3. The van der Waals surface area contributed by atoms with Crippen LogP contribution < -0.4 is 0 Å². The number of hydrogen-bond acceptors (Lipinski definition) is 10. The van der Waals surface area contributed by atoms with Gasteiger partial charge in [0.2, 0.25) is 0 Å². The average molecular weight is 811 g/mol. The fourth-order valence-electron chi connectivity index (χ4n) is 7.08. The van der Waals surface area contributed by atoms with E-state index in [9.17, 15) is 30.0 Å². The Morgan fingerprint density at radius 2 is 0.965 bits per heavy atom. The minimum Gasteiger partial charge on any atom is -0.462 e. The lowest BCUT2D eigenvalue weighted by Gasteiger charge is -2.39. The van der Waals surface area contributed by atoms with E-state index in [1.165, 1.54) is 135 Å². The molecular weight excluding hydrogens is 725 g/mol. The monoisotopic (exact) mass is 811 g/mol. The molecule has 1 heterocycles. The summed E-state index contributed by atoms with van der Waals surface area (Å²) in [5, 5.41) is 40.1. The van der Waals surface area contributed by atoms with Crippen molar-refractivity contribution in [1.82, 2.24) is 0 Å². The normalized spacial score (nSPS) is 20.4. The van der Waals surface area contributed by atoms with Gasteiger partial charge in [-0.3, -0.25) is 9.59 Å². The largest absolute Gasteiger partial charge is 0.462 e. The summed E-state index contributed by atoms with van der Waals surface area (Å²) in [7, 11) is 0. The van der Waals surface area contributed by atoms with Crippen molar-refractivity contribution >= 4 is 11.9 Å². The number of aliphatic hydroxyl groups is 4. The molecule has 10 nitrogen and oxygen atoms in total. The molecule has 2 unspecified atom stereocenters. The predicted molar refractivity (Wildman–Crippen MR) is 229 cm³/mol. The van der Waals surface area contributed by atoms with Gasteiger partial charge in [-0.2, -0.15) is 0 Å². The summed E-state index contributed by atoms with van der Waals surface area (Å²) in [6, 6.07) is 0. The molecule has 0 bridgehead atoms. The summed E-state index contributed by atoms with van der Waals surface area (Å²) in [6.07, 6.45) is 34.8. The summed E-state index contributed by atoms with van der Waals surface area (Å²) in [5.41, 5.74) is 0. The van der Waals surface area contributed by atoms with Gasteiger partial charge < -0.3 is 39.4 Å². The summed E-state index contributed by atoms with van der Waals surface area (Å²) in [4.78, 5) is 25.3. The molecule has 0 amide bonds. The van der Waals surface area contributed by atoms with Gasteiger partial charge in [-0.1, -0.05) is 167 Å². The lowest BCUT2D eigenvalue weighted by atomic mass is 9.99. The maximum atomic E-state index is 12.7. The highest BCUT2D eigenvalue weighted by Crippen LogP contribution is 2.23. The Labute approximate surface area is 347 Å². The van der Waals surface area contributed by atoms with Crippen molar-refractivity contribution in [2.45, 2.75) is 243 Å². The molecule has 0 aliphatic carbocycles. The third-order valence-corrected chi connectivity index (χ3v) is 10.8. The second-order valence-electron chi connectivity index (χ2n) is 16.2. The molecule has 10 heteroatoms. The van der Waals surface area contributed by atoms with Crippen molar-refractivity contribution < 1.29 is 49.0 Å². The van der Waals surface area contributed by atoms with Gasteiger partial charge in [-0.25, -0.2) is 0 Å². The number of carbonyl (C=O) groups excluding carboxylic acids is 2.